The van der Waals surface area contributed by atoms with E-state index in [9.17, 15) is 18.7 Å². The van der Waals surface area contributed by atoms with Gasteiger partial charge in [-0.2, -0.15) is 14.0 Å². The van der Waals surface area contributed by atoms with Gasteiger partial charge >= 0.3 is 12.0 Å². The summed E-state index contributed by atoms with van der Waals surface area (Å²) in [5, 5.41) is 18.8. The van der Waals surface area contributed by atoms with Gasteiger partial charge in [-0.05, 0) is 30.7 Å². The largest absolute Gasteiger partial charge is 0.483 e. The van der Waals surface area contributed by atoms with Gasteiger partial charge in [0.05, 0.1) is 30.0 Å². The summed E-state index contributed by atoms with van der Waals surface area (Å²) in [5.74, 6) is -1.72. The number of alkyl halides is 2. The number of para-hydroxylation sites is 1. The molecule has 1 amide bonds. The summed E-state index contributed by atoms with van der Waals surface area (Å²) in [7, 11) is 0. The predicted octanol–water partition coefficient (Wildman–Crippen LogP) is 3.13. The number of carbonyl (C=O) groups is 1. The van der Waals surface area contributed by atoms with Gasteiger partial charge < -0.3 is 9.84 Å². The van der Waals surface area contributed by atoms with Crippen LogP contribution in [-0.2, 0) is 11.3 Å². The van der Waals surface area contributed by atoms with Crippen molar-refractivity contribution in [2.24, 2.45) is 0 Å². The zero-order valence-electron chi connectivity index (χ0n) is 13.2. The maximum absolute atomic E-state index is 14.1. The van der Waals surface area contributed by atoms with Gasteiger partial charge in [0.25, 0.3) is 0 Å². The second kappa shape index (κ2) is 6.15. The van der Waals surface area contributed by atoms with E-state index in [0.717, 1.165) is 4.90 Å². The van der Waals surface area contributed by atoms with E-state index in [1.165, 1.54) is 25.1 Å². The summed E-state index contributed by atoms with van der Waals surface area (Å²) in [5.41, 5.74) is 1.21. The molecule has 25 heavy (non-hydrogen) atoms. The summed E-state index contributed by atoms with van der Waals surface area (Å²) in [4.78, 5) is 13.1. The first-order chi connectivity index (χ1) is 11.8. The maximum Gasteiger partial charge on any atom is 0.483 e. The summed E-state index contributed by atoms with van der Waals surface area (Å²) >= 11 is 0. The fraction of sp³-hybridized carbons (Fsp3) is 0.222. The maximum atomic E-state index is 14.1. The number of aliphatic hydroxyl groups excluding tert-OH is 1. The SMILES string of the molecule is C[C@H](O)c1cccc2c1OC(F)(F)C(=O)N2Cc1cccc(C#N)c1. The minimum Gasteiger partial charge on any atom is -0.423 e. The topological polar surface area (TPSA) is 73.6 Å². The number of halogens is 2. The van der Waals surface area contributed by atoms with Gasteiger partial charge in [0, 0.05) is 5.56 Å². The molecule has 2 aromatic carbocycles. The number of amides is 1. The Morgan fingerprint density at radius 1 is 1.32 bits per heavy atom. The molecular weight excluding hydrogens is 330 g/mol. The van der Waals surface area contributed by atoms with Crippen molar-refractivity contribution in [3.8, 4) is 11.8 Å². The van der Waals surface area contributed by atoms with Crippen LogP contribution in [0.15, 0.2) is 42.5 Å². The molecule has 7 heteroatoms. The molecule has 0 saturated heterocycles. The van der Waals surface area contributed by atoms with Gasteiger partial charge in [-0.1, -0.05) is 24.3 Å². The number of hydrogen-bond acceptors (Lipinski definition) is 4. The first kappa shape index (κ1) is 16.9. The van der Waals surface area contributed by atoms with Crippen molar-refractivity contribution >= 4 is 11.6 Å². The van der Waals surface area contributed by atoms with Crippen LogP contribution in [0.5, 0.6) is 5.75 Å². The zero-order valence-corrected chi connectivity index (χ0v) is 13.2. The lowest BCUT2D eigenvalue weighted by Crippen LogP contribution is -2.50. The number of hydrogen-bond donors (Lipinski definition) is 1. The van der Waals surface area contributed by atoms with E-state index in [1.54, 1.807) is 24.3 Å². The van der Waals surface area contributed by atoms with Crippen LogP contribution in [0.2, 0.25) is 0 Å². The summed E-state index contributed by atoms with van der Waals surface area (Å²) in [6.45, 7) is 1.28. The fourth-order valence-corrected chi connectivity index (χ4v) is 2.71. The molecule has 2 aromatic rings. The molecule has 0 unspecified atom stereocenters. The first-order valence-electron chi connectivity index (χ1n) is 7.52. The molecule has 1 heterocycles. The van der Waals surface area contributed by atoms with Gasteiger partial charge in [0.1, 0.15) is 0 Å². The Hall–Kier alpha value is -2.98. The second-order valence-electron chi connectivity index (χ2n) is 5.69. The third-order valence-corrected chi connectivity index (χ3v) is 3.89. The Bertz CT molecular complexity index is 875. The number of anilines is 1. The van der Waals surface area contributed by atoms with Crippen molar-refractivity contribution in [2.45, 2.75) is 25.7 Å². The monoisotopic (exact) mass is 344 g/mol. The van der Waals surface area contributed by atoms with Gasteiger partial charge in [0.15, 0.2) is 5.75 Å². The van der Waals surface area contributed by atoms with E-state index >= 15 is 0 Å². The summed E-state index contributed by atoms with van der Waals surface area (Å²) in [6, 6.07) is 12.8. The number of rotatable bonds is 3. The van der Waals surface area contributed by atoms with Crippen LogP contribution in [0.1, 0.15) is 29.7 Å². The van der Waals surface area contributed by atoms with E-state index < -0.39 is 18.1 Å². The summed E-state index contributed by atoms with van der Waals surface area (Å²) in [6.07, 6.45) is -5.08. The number of benzene rings is 2. The Labute approximate surface area is 142 Å². The van der Waals surface area contributed by atoms with Gasteiger partial charge in [-0.15, -0.1) is 0 Å². The highest BCUT2D eigenvalue weighted by Gasteiger charge is 2.51. The molecule has 3 rings (SSSR count). The normalized spacial score (nSPS) is 16.6. The molecule has 0 saturated carbocycles. The fourth-order valence-electron chi connectivity index (χ4n) is 2.71. The molecule has 0 spiro atoms. The highest BCUT2D eigenvalue weighted by molar-refractivity contribution is 6.01. The minimum absolute atomic E-state index is 0.149. The summed E-state index contributed by atoms with van der Waals surface area (Å²) < 4.78 is 32.7. The molecular formula is C18H14F2N2O3. The zero-order chi connectivity index (χ0) is 18.2. The van der Waals surface area contributed by atoms with Crippen molar-refractivity contribution in [1.82, 2.24) is 0 Å². The van der Waals surface area contributed by atoms with Crippen LogP contribution in [0, 0.1) is 11.3 Å². The molecule has 0 radical (unpaired) electrons. The van der Waals surface area contributed by atoms with Crippen LogP contribution in [-0.4, -0.2) is 17.1 Å². The average molecular weight is 344 g/mol. The quantitative estimate of drug-likeness (QED) is 0.928. The van der Waals surface area contributed by atoms with Crippen molar-refractivity contribution < 1.29 is 23.4 Å². The molecule has 1 aliphatic heterocycles. The van der Waals surface area contributed by atoms with E-state index in [2.05, 4.69) is 4.74 Å². The van der Waals surface area contributed by atoms with Crippen molar-refractivity contribution in [1.29, 1.82) is 5.26 Å². The number of nitriles is 1. The number of nitrogens with zero attached hydrogens (tertiary/aromatic N) is 2. The third kappa shape index (κ3) is 3.04. The molecule has 0 aromatic heterocycles. The van der Waals surface area contributed by atoms with Crippen LogP contribution < -0.4 is 9.64 Å². The van der Waals surface area contributed by atoms with Crippen molar-refractivity contribution in [3.05, 3.63) is 59.2 Å². The Kier molecular flexibility index (Phi) is 4.15. The van der Waals surface area contributed by atoms with Crippen LogP contribution in [0.3, 0.4) is 0 Å². The molecule has 1 atom stereocenters. The van der Waals surface area contributed by atoms with Crippen LogP contribution in [0.4, 0.5) is 14.5 Å². The van der Waals surface area contributed by atoms with E-state index in [-0.39, 0.29) is 23.5 Å². The average Bonchev–Trinajstić information content (AvgIpc) is 2.58. The molecule has 5 nitrogen and oxygen atoms in total. The predicted molar refractivity (Wildman–Crippen MR) is 85.0 cm³/mol. The molecule has 128 valence electrons. The third-order valence-electron chi connectivity index (χ3n) is 3.89. The molecule has 0 fully saturated rings. The number of carbonyl (C=O) groups excluding carboxylic acids is 1. The van der Waals surface area contributed by atoms with Gasteiger partial charge in [0.2, 0.25) is 0 Å². The minimum atomic E-state index is -4.04. The highest BCUT2D eigenvalue weighted by atomic mass is 19.3. The van der Waals surface area contributed by atoms with Crippen molar-refractivity contribution in [2.75, 3.05) is 4.90 Å². The first-order valence-corrected chi connectivity index (χ1v) is 7.52. The lowest BCUT2D eigenvalue weighted by atomic mass is 10.0. The molecule has 1 N–H and O–H groups in total. The van der Waals surface area contributed by atoms with Gasteiger partial charge in [-0.25, -0.2) is 0 Å². The molecule has 1 aliphatic rings. The Morgan fingerprint density at radius 2 is 2.04 bits per heavy atom. The molecule has 0 bridgehead atoms. The Balaban J connectivity index is 2.08. The highest BCUT2D eigenvalue weighted by Crippen LogP contribution is 2.44. The second-order valence-corrected chi connectivity index (χ2v) is 5.69. The van der Waals surface area contributed by atoms with E-state index in [1.807, 2.05) is 6.07 Å². The van der Waals surface area contributed by atoms with Crippen molar-refractivity contribution in [3.63, 3.8) is 0 Å². The van der Waals surface area contributed by atoms with Crippen LogP contribution in [0.25, 0.3) is 0 Å². The number of fused-ring (bicyclic) bond motifs is 1. The lowest BCUT2D eigenvalue weighted by Gasteiger charge is -2.35. The number of ether oxygens (including phenoxy) is 1. The smallest absolute Gasteiger partial charge is 0.423 e. The molecule has 0 aliphatic carbocycles. The number of aliphatic hydroxyl groups is 1. The van der Waals surface area contributed by atoms with E-state index in [0.29, 0.717) is 11.1 Å². The Morgan fingerprint density at radius 3 is 2.72 bits per heavy atom. The van der Waals surface area contributed by atoms with Gasteiger partial charge in [-0.3, -0.25) is 9.69 Å². The van der Waals surface area contributed by atoms with E-state index in [4.69, 9.17) is 5.26 Å². The standard InChI is InChI=1S/C18H14F2N2O3/c1-11(23)14-6-3-7-15-16(14)25-18(19,20)17(24)22(15)10-13-5-2-4-12(8-13)9-21/h2-8,11,23H,10H2,1H3/t11-/m0/s1. The van der Waals surface area contributed by atoms with Crippen LogP contribution >= 0.6 is 0 Å². The lowest BCUT2D eigenvalue weighted by molar-refractivity contribution is -0.193.